The van der Waals surface area contributed by atoms with Gasteiger partial charge in [-0.3, -0.25) is 14.6 Å². The summed E-state index contributed by atoms with van der Waals surface area (Å²) in [5.41, 5.74) is 2.82. The highest BCUT2D eigenvalue weighted by molar-refractivity contribution is 6.31. The highest BCUT2D eigenvalue weighted by Gasteiger charge is 2.45. The normalized spacial score (nSPS) is 24.1. The fraction of sp³-hybridized carbons (Fsp3) is 0.458. The Kier molecular flexibility index (Phi) is 5.73. The Morgan fingerprint density at radius 3 is 2.65 bits per heavy atom. The van der Waals surface area contributed by atoms with Crippen LogP contribution in [0.2, 0.25) is 5.02 Å². The minimum absolute atomic E-state index is 0.159. The summed E-state index contributed by atoms with van der Waals surface area (Å²) in [6.45, 7) is 5.94. The lowest BCUT2D eigenvalue weighted by atomic mass is 9.92. The molecule has 0 bridgehead atoms. The summed E-state index contributed by atoms with van der Waals surface area (Å²) in [4.78, 5) is 19.2. The van der Waals surface area contributed by atoms with E-state index in [0.29, 0.717) is 43.4 Å². The van der Waals surface area contributed by atoms with Crippen molar-refractivity contribution in [2.24, 2.45) is 0 Å². The molecular formula is C24H27ClFN3O2. The monoisotopic (exact) mass is 443 g/mol. The lowest BCUT2D eigenvalue weighted by Gasteiger charge is -2.35. The molecule has 2 fully saturated rings. The Balaban J connectivity index is 1.14. The number of carbonyl (C=O) groups excluding carboxylic acids is 1. The number of carbonyl (C=O) groups is 1. The SMILES string of the molecule is O=C(CN1CCC2(C1)OCc1ccccc12)N1CCN(Cc2c(F)cccc2Cl)CC1. The third kappa shape index (κ3) is 4.10. The van der Waals surface area contributed by atoms with Gasteiger partial charge in [0.05, 0.1) is 13.2 Å². The number of ether oxygens (including phenoxy) is 1. The van der Waals surface area contributed by atoms with Crippen molar-refractivity contribution < 1.29 is 13.9 Å². The zero-order chi connectivity index (χ0) is 21.4. The van der Waals surface area contributed by atoms with Gasteiger partial charge in [0.15, 0.2) is 0 Å². The molecule has 2 saturated heterocycles. The Morgan fingerprint density at radius 1 is 1.03 bits per heavy atom. The number of benzene rings is 2. The molecule has 0 N–H and O–H groups in total. The number of hydrogen-bond acceptors (Lipinski definition) is 4. The second kappa shape index (κ2) is 8.51. The number of rotatable bonds is 4. The number of halogens is 2. The second-order valence-electron chi connectivity index (χ2n) is 8.76. The summed E-state index contributed by atoms with van der Waals surface area (Å²) in [6, 6.07) is 13.2. The summed E-state index contributed by atoms with van der Waals surface area (Å²) in [5, 5.41) is 0.456. The first kappa shape index (κ1) is 20.9. The molecule has 1 amide bonds. The predicted octanol–water partition coefficient (Wildman–Crippen LogP) is 3.25. The number of hydrogen-bond donors (Lipinski definition) is 0. The number of amides is 1. The van der Waals surface area contributed by atoms with Crippen molar-refractivity contribution in [1.29, 1.82) is 0 Å². The fourth-order valence-corrected chi connectivity index (χ4v) is 5.29. The van der Waals surface area contributed by atoms with Gasteiger partial charge in [0, 0.05) is 56.4 Å². The van der Waals surface area contributed by atoms with Crippen molar-refractivity contribution >= 4 is 17.5 Å². The van der Waals surface area contributed by atoms with Crippen LogP contribution in [0, 0.1) is 5.82 Å². The van der Waals surface area contributed by atoms with Crippen LogP contribution in [0.5, 0.6) is 0 Å². The molecule has 164 valence electrons. The van der Waals surface area contributed by atoms with Crippen molar-refractivity contribution in [2.75, 3.05) is 45.8 Å². The predicted molar refractivity (Wildman–Crippen MR) is 117 cm³/mol. The molecule has 3 aliphatic heterocycles. The average molecular weight is 444 g/mol. The molecule has 1 unspecified atom stereocenters. The van der Waals surface area contributed by atoms with Crippen molar-refractivity contribution in [1.82, 2.24) is 14.7 Å². The van der Waals surface area contributed by atoms with Crippen molar-refractivity contribution in [3.63, 3.8) is 0 Å². The number of likely N-dealkylation sites (tertiary alicyclic amines) is 1. The van der Waals surface area contributed by atoms with E-state index in [1.807, 2.05) is 4.90 Å². The largest absolute Gasteiger partial charge is 0.364 e. The van der Waals surface area contributed by atoms with E-state index in [1.165, 1.54) is 17.2 Å². The number of piperazine rings is 1. The summed E-state index contributed by atoms with van der Waals surface area (Å²) < 4.78 is 20.3. The molecular weight excluding hydrogens is 417 g/mol. The smallest absolute Gasteiger partial charge is 0.236 e. The van der Waals surface area contributed by atoms with E-state index in [9.17, 15) is 9.18 Å². The molecule has 3 heterocycles. The van der Waals surface area contributed by atoms with E-state index in [-0.39, 0.29) is 17.3 Å². The fourth-order valence-electron chi connectivity index (χ4n) is 5.07. The molecule has 5 rings (SSSR count). The molecule has 31 heavy (non-hydrogen) atoms. The molecule has 5 nitrogen and oxygen atoms in total. The lowest BCUT2D eigenvalue weighted by molar-refractivity contribution is -0.134. The standard InChI is InChI=1S/C24H27ClFN3O2/c25-21-6-3-7-22(26)19(21)14-27-10-12-29(13-11-27)23(30)15-28-9-8-24(17-28)20-5-2-1-4-18(20)16-31-24/h1-7H,8-17H2. The summed E-state index contributed by atoms with van der Waals surface area (Å²) in [5.74, 6) is -0.114. The van der Waals surface area contributed by atoms with Gasteiger partial charge in [-0.25, -0.2) is 4.39 Å². The maximum absolute atomic E-state index is 14.1. The molecule has 0 radical (unpaired) electrons. The maximum atomic E-state index is 14.1. The summed E-state index contributed by atoms with van der Waals surface area (Å²) >= 11 is 6.16. The summed E-state index contributed by atoms with van der Waals surface area (Å²) in [7, 11) is 0. The van der Waals surface area contributed by atoms with Crippen molar-refractivity contribution in [2.45, 2.75) is 25.2 Å². The molecule has 1 atom stereocenters. The van der Waals surface area contributed by atoms with Gasteiger partial charge in [0.2, 0.25) is 5.91 Å². The number of fused-ring (bicyclic) bond motifs is 2. The van der Waals surface area contributed by atoms with Crippen LogP contribution in [0.1, 0.15) is 23.1 Å². The molecule has 0 saturated carbocycles. The van der Waals surface area contributed by atoms with Gasteiger partial charge in [0.1, 0.15) is 11.4 Å². The maximum Gasteiger partial charge on any atom is 0.236 e. The van der Waals surface area contributed by atoms with E-state index >= 15 is 0 Å². The Bertz CT molecular complexity index is 959. The lowest BCUT2D eigenvalue weighted by Crippen LogP contribution is -2.51. The molecule has 3 aliphatic rings. The van der Waals surface area contributed by atoms with E-state index < -0.39 is 0 Å². The first-order valence-corrected chi connectivity index (χ1v) is 11.3. The van der Waals surface area contributed by atoms with E-state index in [1.54, 1.807) is 12.1 Å². The molecule has 7 heteroatoms. The first-order chi connectivity index (χ1) is 15.0. The van der Waals surface area contributed by atoms with E-state index in [4.69, 9.17) is 16.3 Å². The van der Waals surface area contributed by atoms with Gasteiger partial charge in [-0.2, -0.15) is 0 Å². The van der Waals surface area contributed by atoms with Crippen LogP contribution >= 0.6 is 11.6 Å². The van der Waals surface area contributed by atoms with Gasteiger partial charge in [-0.15, -0.1) is 0 Å². The van der Waals surface area contributed by atoms with E-state index in [0.717, 1.165) is 32.6 Å². The average Bonchev–Trinajstić information content (AvgIpc) is 3.36. The third-order valence-electron chi connectivity index (χ3n) is 6.85. The highest BCUT2D eigenvalue weighted by atomic mass is 35.5. The zero-order valence-electron chi connectivity index (χ0n) is 17.5. The molecule has 1 spiro atoms. The van der Waals surface area contributed by atoms with Crippen LogP contribution < -0.4 is 0 Å². The van der Waals surface area contributed by atoms with Crippen molar-refractivity contribution in [3.8, 4) is 0 Å². The molecule has 2 aromatic rings. The van der Waals surface area contributed by atoms with Crippen molar-refractivity contribution in [3.05, 3.63) is 70.0 Å². The van der Waals surface area contributed by atoms with E-state index in [2.05, 4.69) is 34.1 Å². The molecule has 0 aliphatic carbocycles. The quantitative estimate of drug-likeness (QED) is 0.726. The van der Waals surface area contributed by atoms with Gasteiger partial charge in [-0.05, 0) is 29.7 Å². The highest BCUT2D eigenvalue weighted by Crippen LogP contribution is 2.43. The van der Waals surface area contributed by atoms with Crippen LogP contribution in [0.25, 0.3) is 0 Å². The Labute approximate surface area is 187 Å². The Morgan fingerprint density at radius 2 is 1.84 bits per heavy atom. The van der Waals surface area contributed by atoms with Crippen LogP contribution in [-0.2, 0) is 28.3 Å². The van der Waals surface area contributed by atoms with Gasteiger partial charge in [0.25, 0.3) is 0 Å². The molecule has 2 aromatic carbocycles. The van der Waals surface area contributed by atoms with Gasteiger partial charge in [-0.1, -0.05) is 41.9 Å². The van der Waals surface area contributed by atoms with Crippen LogP contribution in [0.4, 0.5) is 4.39 Å². The minimum atomic E-state index is -0.273. The zero-order valence-corrected chi connectivity index (χ0v) is 18.3. The second-order valence-corrected chi connectivity index (χ2v) is 9.17. The summed E-state index contributed by atoms with van der Waals surface area (Å²) in [6.07, 6.45) is 0.925. The third-order valence-corrected chi connectivity index (χ3v) is 7.20. The topological polar surface area (TPSA) is 36.0 Å². The molecule has 0 aromatic heterocycles. The van der Waals surface area contributed by atoms with Crippen LogP contribution in [-0.4, -0.2) is 66.4 Å². The van der Waals surface area contributed by atoms with Gasteiger partial charge < -0.3 is 9.64 Å². The van der Waals surface area contributed by atoms with Crippen LogP contribution in [0.3, 0.4) is 0 Å². The number of nitrogens with zero attached hydrogens (tertiary/aromatic N) is 3. The van der Waals surface area contributed by atoms with Crippen LogP contribution in [0.15, 0.2) is 42.5 Å². The first-order valence-electron chi connectivity index (χ1n) is 10.9. The van der Waals surface area contributed by atoms with Gasteiger partial charge >= 0.3 is 0 Å². The minimum Gasteiger partial charge on any atom is -0.364 e. The Hall–Kier alpha value is -1.99.